The number of methoxy groups -OCH3 is 1. The maximum absolute atomic E-state index is 13.6. The number of rotatable bonds is 7. The Hall–Kier alpha value is -4.09. The van der Waals surface area contributed by atoms with Crippen molar-refractivity contribution in [3.8, 4) is 22.9 Å². The monoisotopic (exact) mass is 418 g/mol. The first-order valence-corrected chi connectivity index (χ1v) is 8.23. The number of ether oxygens (including phenoxy) is 2. The third kappa shape index (κ3) is 5.25. The van der Waals surface area contributed by atoms with E-state index in [2.05, 4.69) is 35.2 Å². The predicted molar refractivity (Wildman–Crippen MR) is 97.7 cm³/mol. The molecule has 0 unspecified atom stereocenters. The number of nitrogens with one attached hydrogen (secondary N) is 1. The Bertz CT molecular complexity index is 1060. The van der Waals surface area contributed by atoms with Crippen LogP contribution >= 0.6 is 0 Å². The zero-order valence-corrected chi connectivity index (χ0v) is 15.3. The van der Waals surface area contributed by atoms with Crippen LogP contribution in [-0.2, 0) is 0 Å². The average molecular weight is 418 g/mol. The molecule has 1 amide bonds. The zero-order valence-electron chi connectivity index (χ0n) is 15.3. The quantitative estimate of drug-likeness (QED) is 0.356. The first-order chi connectivity index (χ1) is 14.5. The molecule has 9 nitrogen and oxygen atoms in total. The number of amides is 1. The van der Waals surface area contributed by atoms with E-state index in [0.29, 0.717) is 17.0 Å². The van der Waals surface area contributed by atoms with E-state index in [1.807, 2.05) is 0 Å². The van der Waals surface area contributed by atoms with Gasteiger partial charge in [-0.3, -0.25) is 4.79 Å². The van der Waals surface area contributed by atoms with Crippen LogP contribution in [0.1, 0.15) is 16.2 Å². The second-order valence-electron chi connectivity index (χ2n) is 5.48. The van der Waals surface area contributed by atoms with Crippen LogP contribution in [0, 0.1) is 5.95 Å². The standard InChI is InChI=1S/C18H13F3N6O3/c1-29-12-6-11(15(19)24-9-12)8-25-27-17(28)16-22-5-4-13(26-16)10-2-3-14(23-7-10)30-18(20)21/h2-9,18H,1H3,(H,27,28)/b25-8+. The van der Waals surface area contributed by atoms with Gasteiger partial charge in [0.15, 0.2) is 0 Å². The highest BCUT2D eigenvalue weighted by atomic mass is 19.3. The molecule has 30 heavy (non-hydrogen) atoms. The van der Waals surface area contributed by atoms with Crippen LogP contribution in [0.25, 0.3) is 11.3 Å². The molecule has 0 fully saturated rings. The van der Waals surface area contributed by atoms with Crippen LogP contribution in [-0.4, -0.2) is 45.8 Å². The van der Waals surface area contributed by atoms with Gasteiger partial charge in [0, 0.05) is 24.0 Å². The minimum Gasteiger partial charge on any atom is -0.495 e. The maximum Gasteiger partial charge on any atom is 0.388 e. The number of pyridine rings is 2. The van der Waals surface area contributed by atoms with Gasteiger partial charge < -0.3 is 9.47 Å². The molecule has 0 aliphatic carbocycles. The van der Waals surface area contributed by atoms with Crippen molar-refractivity contribution in [2.75, 3.05) is 7.11 Å². The highest BCUT2D eigenvalue weighted by molar-refractivity contribution is 5.91. The third-order valence-corrected chi connectivity index (χ3v) is 3.55. The summed E-state index contributed by atoms with van der Waals surface area (Å²) in [7, 11) is 1.40. The van der Waals surface area contributed by atoms with Crippen LogP contribution < -0.4 is 14.9 Å². The number of carbonyl (C=O) groups excluding carboxylic acids is 1. The summed E-state index contributed by atoms with van der Waals surface area (Å²) in [6.45, 7) is -2.99. The number of nitrogens with zero attached hydrogens (tertiary/aromatic N) is 5. The van der Waals surface area contributed by atoms with E-state index in [1.165, 1.54) is 50.0 Å². The van der Waals surface area contributed by atoms with Gasteiger partial charge in [0.05, 0.1) is 30.8 Å². The molecule has 3 aromatic rings. The normalized spacial score (nSPS) is 11.0. The van der Waals surface area contributed by atoms with Crippen molar-refractivity contribution in [1.82, 2.24) is 25.4 Å². The van der Waals surface area contributed by atoms with Crippen molar-refractivity contribution in [3.63, 3.8) is 0 Å². The van der Waals surface area contributed by atoms with Gasteiger partial charge in [-0.15, -0.1) is 0 Å². The van der Waals surface area contributed by atoms with Gasteiger partial charge in [-0.05, 0) is 18.2 Å². The summed E-state index contributed by atoms with van der Waals surface area (Å²) in [5.41, 5.74) is 2.94. The lowest BCUT2D eigenvalue weighted by Gasteiger charge is -2.05. The van der Waals surface area contributed by atoms with Crippen molar-refractivity contribution in [1.29, 1.82) is 0 Å². The summed E-state index contributed by atoms with van der Waals surface area (Å²) in [6.07, 6.45) is 4.85. The lowest BCUT2D eigenvalue weighted by molar-refractivity contribution is -0.0528. The first-order valence-electron chi connectivity index (χ1n) is 8.23. The van der Waals surface area contributed by atoms with Gasteiger partial charge in [0.1, 0.15) is 5.75 Å². The van der Waals surface area contributed by atoms with Crippen molar-refractivity contribution in [2.45, 2.75) is 6.61 Å². The fourth-order valence-electron chi connectivity index (χ4n) is 2.18. The van der Waals surface area contributed by atoms with Crippen molar-refractivity contribution in [3.05, 3.63) is 60.2 Å². The summed E-state index contributed by atoms with van der Waals surface area (Å²) >= 11 is 0. The first kappa shape index (κ1) is 20.6. The molecule has 0 saturated carbocycles. The number of carbonyl (C=O) groups is 1. The Kier molecular flexibility index (Phi) is 6.47. The van der Waals surface area contributed by atoms with Gasteiger partial charge in [-0.25, -0.2) is 25.4 Å². The second-order valence-corrected chi connectivity index (χ2v) is 5.48. The number of hydrazone groups is 1. The molecule has 0 aliphatic heterocycles. The van der Waals surface area contributed by atoms with Crippen molar-refractivity contribution >= 4 is 12.1 Å². The topological polar surface area (TPSA) is 111 Å². The lowest BCUT2D eigenvalue weighted by atomic mass is 10.2. The summed E-state index contributed by atoms with van der Waals surface area (Å²) < 4.78 is 47.1. The largest absolute Gasteiger partial charge is 0.495 e. The van der Waals surface area contributed by atoms with E-state index in [-0.39, 0.29) is 17.3 Å². The fourth-order valence-corrected chi connectivity index (χ4v) is 2.18. The lowest BCUT2D eigenvalue weighted by Crippen LogP contribution is -2.20. The zero-order chi connectivity index (χ0) is 21.5. The van der Waals surface area contributed by atoms with E-state index < -0.39 is 18.5 Å². The molecule has 0 bridgehead atoms. The van der Waals surface area contributed by atoms with Gasteiger partial charge >= 0.3 is 12.5 Å². The Labute approximate surface area is 167 Å². The molecule has 3 aromatic heterocycles. The van der Waals surface area contributed by atoms with E-state index in [9.17, 15) is 18.0 Å². The molecule has 3 rings (SSSR count). The van der Waals surface area contributed by atoms with Crippen LogP contribution in [0.15, 0.2) is 48.0 Å². The molecule has 0 aliphatic rings. The van der Waals surface area contributed by atoms with Crippen LogP contribution in [0.2, 0.25) is 0 Å². The Morgan fingerprint density at radius 1 is 1.20 bits per heavy atom. The molecule has 0 spiro atoms. The van der Waals surface area contributed by atoms with Gasteiger partial charge in [0.2, 0.25) is 17.7 Å². The van der Waals surface area contributed by atoms with Crippen LogP contribution in [0.3, 0.4) is 0 Å². The van der Waals surface area contributed by atoms with E-state index in [4.69, 9.17) is 4.74 Å². The number of hydrogen-bond acceptors (Lipinski definition) is 8. The molecule has 1 N–H and O–H groups in total. The number of halogens is 3. The maximum atomic E-state index is 13.6. The molecular formula is C18H13F3N6O3. The summed E-state index contributed by atoms with van der Waals surface area (Å²) in [5, 5.41) is 3.66. The Morgan fingerprint density at radius 3 is 2.73 bits per heavy atom. The fraction of sp³-hybridized carbons (Fsp3) is 0.111. The summed E-state index contributed by atoms with van der Waals surface area (Å²) in [5.74, 6) is -1.70. The van der Waals surface area contributed by atoms with Gasteiger partial charge in [0.25, 0.3) is 0 Å². The Balaban J connectivity index is 1.70. The molecular weight excluding hydrogens is 405 g/mol. The molecule has 0 aromatic carbocycles. The van der Waals surface area contributed by atoms with Crippen molar-refractivity contribution < 1.29 is 27.4 Å². The third-order valence-electron chi connectivity index (χ3n) is 3.55. The predicted octanol–water partition coefficient (Wildman–Crippen LogP) is 2.45. The molecule has 0 radical (unpaired) electrons. The molecule has 0 saturated heterocycles. The Morgan fingerprint density at radius 2 is 2.03 bits per heavy atom. The van der Waals surface area contributed by atoms with E-state index >= 15 is 0 Å². The number of hydrogen-bond donors (Lipinski definition) is 1. The smallest absolute Gasteiger partial charge is 0.388 e. The van der Waals surface area contributed by atoms with Crippen LogP contribution in [0.4, 0.5) is 13.2 Å². The second kappa shape index (κ2) is 9.41. The summed E-state index contributed by atoms with van der Waals surface area (Å²) in [4.78, 5) is 27.3. The van der Waals surface area contributed by atoms with Gasteiger partial charge in [-0.2, -0.15) is 18.3 Å². The molecule has 12 heteroatoms. The van der Waals surface area contributed by atoms with E-state index in [1.54, 1.807) is 0 Å². The summed E-state index contributed by atoms with van der Waals surface area (Å²) in [6, 6.07) is 5.54. The SMILES string of the molecule is COc1cnc(F)c(/C=N/NC(=O)c2nccc(-c3ccc(OC(F)F)nc3)n2)c1. The minimum absolute atomic E-state index is 0.00139. The highest BCUT2D eigenvalue weighted by Gasteiger charge is 2.12. The molecule has 0 atom stereocenters. The number of alkyl halides is 2. The van der Waals surface area contributed by atoms with Gasteiger partial charge in [-0.1, -0.05) is 0 Å². The van der Waals surface area contributed by atoms with Crippen LogP contribution in [0.5, 0.6) is 11.6 Å². The minimum atomic E-state index is -2.99. The van der Waals surface area contributed by atoms with E-state index in [0.717, 1.165) is 6.21 Å². The highest BCUT2D eigenvalue weighted by Crippen LogP contribution is 2.19. The van der Waals surface area contributed by atoms with Crippen molar-refractivity contribution in [2.24, 2.45) is 5.10 Å². The number of aromatic nitrogens is 4. The molecule has 154 valence electrons. The molecule has 3 heterocycles. The average Bonchev–Trinajstić information content (AvgIpc) is 2.75.